The van der Waals surface area contributed by atoms with E-state index in [9.17, 15) is 4.79 Å². The number of hydrogen-bond acceptors (Lipinski definition) is 4. The lowest BCUT2D eigenvalue weighted by Gasteiger charge is -2.08. The standard InChI is InChI=1S/C7H11N3O2S/c1-4(9-10-7(8)13)5-2-3-12-6(5)11/h9H,2-3H2,1H3,(H3,8,10,13)/b5-4+. The molecule has 0 radical (unpaired) electrons. The molecule has 72 valence electrons. The highest BCUT2D eigenvalue weighted by atomic mass is 32.1. The van der Waals surface area contributed by atoms with E-state index < -0.39 is 0 Å². The highest BCUT2D eigenvalue weighted by Gasteiger charge is 2.21. The van der Waals surface area contributed by atoms with Crippen LogP contribution in [-0.4, -0.2) is 17.7 Å². The van der Waals surface area contributed by atoms with Crippen LogP contribution in [-0.2, 0) is 9.53 Å². The fraction of sp³-hybridized carbons (Fsp3) is 0.429. The Morgan fingerprint density at radius 2 is 2.31 bits per heavy atom. The second-order valence-corrected chi connectivity index (χ2v) is 3.04. The molecule has 0 saturated carbocycles. The number of hydrazine groups is 1. The molecule has 1 aliphatic heterocycles. The Hall–Kier alpha value is -1.30. The summed E-state index contributed by atoms with van der Waals surface area (Å²) in [4.78, 5) is 11.0. The first-order valence-electron chi connectivity index (χ1n) is 3.79. The number of allylic oxidation sites excluding steroid dienone is 1. The van der Waals surface area contributed by atoms with Gasteiger partial charge in [-0.2, -0.15) is 0 Å². The number of carbonyl (C=O) groups is 1. The maximum absolute atomic E-state index is 11.0. The Morgan fingerprint density at radius 1 is 1.62 bits per heavy atom. The summed E-state index contributed by atoms with van der Waals surface area (Å²) >= 11 is 4.58. The van der Waals surface area contributed by atoms with Gasteiger partial charge in [-0.1, -0.05) is 0 Å². The Kier molecular flexibility index (Phi) is 3.07. The smallest absolute Gasteiger partial charge is 0.335 e. The molecule has 0 atom stereocenters. The zero-order chi connectivity index (χ0) is 9.84. The summed E-state index contributed by atoms with van der Waals surface area (Å²) in [6, 6.07) is 0. The van der Waals surface area contributed by atoms with Gasteiger partial charge in [0.05, 0.1) is 12.2 Å². The lowest BCUT2D eigenvalue weighted by atomic mass is 10.2. The van der Waals surface area contributed by atoms with E-state index in [2.05, 4.69) is 23.1 Å². The molecule has 13 heavy (non-hydrogen) atoms. The van der Waals surface area contributed by atoms with Crippen LogP contribution in [0.5, 0.6) is 0 Å². The summed E-state index contributed by atoms with van der Waals surface area (Å²) in [5.74, 6) is -0.283. The van der Waals surface area contributed by atoms with Crippen molar-refractivity contribution in [2.75, 3.05) is 6.61 Å². The average Bonchev–Trinajstić information content (AvgIpc) is 2.47. The Labute approximate surface area is 81.3 Å². The molecule has 5 nitrogen and oxygen atoms in total. The number of nitrogens with one attached hydrogen (secondary N) is 2. The summed E-state index contributed by atoms with van der Waals surface area (Å²) in [7, 11) is 0. The molecule has 1 saturated heterocycles. The number of carbonyl (C=O) groups excluding carboxylic acids is 1. The van der Waals surface area contributed by atoms with Crippen LogP contribution in [0.2, 0.25) is 0 Å². The first-order chi connectivity index (χ1) is 6.11. The largest absolute Gasteiger partial charge is 0.462 e. The Balaban J connectivity index is 2.57. The van der Waals surface area contributed by atoms with Crippen LogP contribution in [0.1, 0.15) is 13.3 Å². The fourth-order valence-electron chi connectivity index (χ4n) is 1.01. The molecule has 0 amide bonds. The van der Waals surface area contributed by atoms with Gasteiger partial charge < -0.3 is 15.9 Å². The summed E-state index contributed by atoms with van der Waals surface area (Å²) in [5, 5.41) is 0.131. The SMILES string of the molecule is C/C(NNC(N)=S)=C1/CCOC1=O. The quantitative estimate of drug-likeness (QED) is 0.243. The molecule has 0 aromatic carbocycles. The van der Waals surface area contributed by atoms with E-state index in [1.165, 1.54) is 0 Å². The normalized spacial score (nSPS) is 19.3. The zero-order valence-electron chi connectivity index (χ0n) is 7.22. The van der Waals surface area contributed by atoms with Crippen LogP contribution >= 0.6 is 12.2 Å². The van der Waals surface area contributed by atoms with Crippen molar-refractivity contribution in [2.45, 2.75) is 13.3 Å². The first kappa shape index (κ1) is 9.79. The van der Waals surface area contributed by atoms with Crippen molar-refractivity contribution in [3.63, 3.8) is 0 Å². The van der Waals surface area contributed by atoms with Crippen molar-refractivity contribution in [1.29, 1.82) is 0 Å². The molecular formula is C7H11N3O2S. The number of rotatable bonds is 2. The van der Waals surface area contributed by atoms with E-state index in [1.807, 2.05) is 0 Å². The molecular weight excluding hydrogens is 190 g/mol. The highest BCUT2D eigenvalue weighted by Crippen LogP contribution is 2.15. The van der Waals surface area contributed by atoms with Gasteiger partial charge in [0.25, 0.3) is 0 Å². The van der Waals surface area contributed by atoms with Crippen molar-refractivity contribution in [2.24, 2.45) is 5.73 Å². The van der Waals surface area contributed by atoms with E-state index in [0.717, 1.165) is 0 Å². The number of esters is 1. The van der Waals surface area contributed by atoms with Crippen LogP contribution in [0, 0.1) is 0 Å². The minimum atomic E-state index is -0.283. The lowest BCUT2D eigenvalue weighted by Crippen LogP contribution is -2.40. The number of cyclic esters (lactones) is 1. The van der Waals surface area contributed by atoms with Crippen molar-refractivity contribution in [3.05, 3.63) is 11.3 Å². The van der Waals surface area contributed by atoms with Gasteiger partial charge in [-0.05, 0) is 19.1 Å². The predicted octanol–water partition coefficient (Wildman–Crippen LogP) is -0.455. The topological polar surface area (TPSA) is 76.4 Å². The molecule has 0 bridgehead atoms. The molecule has 1 rings (SSSR count). The predicted molar refractivity (Wildman–Crippen MR) is 51.3 cm³/mol. The van der Waals surface area contributed by atoms with Crippen molar-refractivity contribution in [1.82, 2.24) is 10.9 Å². The monoisotopic (exact) mass is 201 g/mol. The minimum absolute atomic E-state index is 0.131. The summed E-state index contributed by atoms with van der Waals surface area (Å²) < 4.78 is 4.76. The fourth-order valence-corrected chi connectivity index (χ4v) is 1.06. The molecule has 1 fully saturated rings. The van der Waals surface area contributed by atoms with E-state index >= 15 is 0 Å². The van der Waals surface area contributed by atoms with Gasteiger partial charge in [-0.3, -0.25) is 5.43 Å². The molecule has 1 aliphatic rings. The number of nitrogens with two attached hydrogens (primary N) is 1. The lowest BCUT2D eigenvalue weighted by molar-refractivity contribution is -0.135. The number of ether oxygens (including phenoxy) is 1. The Bertz CT molecular complexity index is 275. The van der Waals surface area contributed by atoms with Crippen molar-refractivity contribution < 1.29 is 9.53 Å². The molecule has 6 heteroatoms. The molecule has 0 aromatic heterocycles. The molecule has 0 aromatic rings. The molecule has 0 spiro atoms. The van der Waals surface area contributed by atoms with Crippen LogP contribution in [0.15, 0.2) is 11.3 Å². The summed E-state index contributed by atoms with van der Waals surface area (Å²) in [6.45, 7) is 2.20. The maximum Gasteiger partial charge on any atom is 0.335 e. The first-order valence-corrected chi connectivity index (χ1v) is 4.20. The Morgan fingerprint density at radius 3 is 2.77 bits per heavy atom. The molecule has 1 heterocycles. The van der Waals surface area contributed by atoms with Crippen molar-refractivity contribution >= 4 is 23.3 Å². The maximum atomic E-state index is 11.0. The summed E-state index contributed by atoms with van der Waals surface area (Å²) in [5.41, 5.74) is 11.8. The summed E-state index contributed by atoms with van der Waals surface area (Å²) in [6.07, 6.45) is 0.622. The van der Waals surface area contributed by atoms with Gasteiger partial charge >= 0.3 is 5.97 Å². The zero-order valence-corrected chi connectivity index (χ0v) is 8.03. The van der Waals surface area contributed by atoms with Gasteiger partial charge in [0.1, 0.15) is 0 Å². The third kappa shape index (κ3) is 2.59. The van der Waals surface area contributed by atoms with Crippen LogP contribution in [0.3, 0.4) is 0 Å². The highest BCUT2D eigenvalue weighted by molar-refractivity contribution is 7.80. The van der Waals surface area contributed by atoms with Crippen LogP contribution in [0.25, 0.3) is 0 Å². The molecule has 0 unspecified atom stereocenters. The van der Waals surface area contributed by atoms with Crippen LogP contribution < -0.4 is 16.6 Å². The van der Waals surface area contributed by atoms with E-state index in [-0.39, 0.29) is 11.1 Å². The van der Waals surface area contributed by atoms with Gasteiger partial charge in [-0.25, -0.2) is 4.79 Å². The van der Waals surface area contributed by atoms with Crippen LogP contribution in [0.4, 0.5) is 0 Å². The second-order valence-electron chi connectivity index (χ2n) is 2.60. The average molecular weight is 201 g/mol. The third-order valence-electron chi connectivity index (χ3n) is 1.66. The van der Waals surface area contributed by atoms with E-state index in [1.54, 1.807) is 6.92 Å². The van der Waals surface area contributed by atoms with Crippen molar-refractivity contribution in [3.8, 4) is 0 Å². The third-order valence-corrected chi connectivity index (χ3v) is 1.76. The molecule has 0 aliphatic carbocycles. The van der Waals surface area contributed by atoms with Gasteiger partial charge in [-0.15, -0.1) is 0 Å². The van der Waals surface area contributed by atoms with E-state index in [0.29, 0.717) is 24.3 Å². The van der Waals surface area contributed by atoms with Gasteiger partial charge in [0, 0.05) is 12.1 Å². The minimum Gasteiger partial charge on any atom is -0.462 e. The van der Waals surface area contributed by atoms with Gasteiger partial charge in [0.2, 0.25) is 0 Å². The van der Waals surface area contributed by atoms with E-state index in [4.69, 9.17) is 10.5 Å². The van der Waals surface area contributed by atoms with Gasteiger partial charge in [0.15, 0.2) is 5.11 Å². The second kappa shape index (κ2) is 4.08. The number of hydrogen-bond donors (Lipinski definition) is 3. The molecule has 4 N–H and O–H groups in total. The number of thiocarbonyl (C=S) groups is 1.